The molecule has 4 heteroatoms. The highest BCUT2D eigenvalue weighted by Crippen LogP contribution is 2.46. The normalized spacial score (nSPS) is 27.9. The Morgan fingerprint density at radius 2 is 2.06 bits per heavy atom. The minimum atomic E-state index is -0.222. The number of hydrogen-bond acceptors (Lipinski definition) is 4. The molecular formula is C13H21N3O. The Balaban J connectivity index is 2.23. The van der Waals surface area contributed by atoms with Gasteiger partial charge in [-0.15, -0.1) is 0 Å². The van der Waals surface area contributed by atoms with Crippen LogP contribution in [-0.2, 0) is 4.74 Å². The molecule has 1 saturated heterocycles. The average Bonchev–Trinajstić information content (AvgIpc) is 2.47. The van der Waals surface area contributed by atoms with Crippen molar-refractivity contribution in [3.63, 3.8) is 0 Å². The van der Waals surface area contributed by atoms with Crippen LogP contribution in [0.4, 0.5) is 0 Å². The van der Waals surface area contributed by atoms with Crippen LogP contribution >= 0.6 is 0 Å². The second-order valence-corrected chi connectivity index (χ2v) is 5.93. The number of nitrogens with two attached hydrogens (primary N) is 1. The Kier molecular flexibility index (Phi) is 2.96. The molecule has 0 saturated carbocycles. The van der Waals surface area contributed by atoms with E-state index in [4.69, 9.17) is 10.5 Å². The summed E-state index contributed by atoms with van der Waals surface area (Å²) in [6.45, 7) is 8.42. The lowest BCUT2D eigenvalue weighted by atomic mass is 9.81. The van der Waals surface area contributed by atoms with Crippen LogP contribution in [0.15, 0.2) is 18.6 Å². The van der Waals surface area contributed by atoms with Crippen LogP contribution in [0.5, 0.6) is 0 Å². The van der Waals surface area contributed by atoms with Crippen molar-refractivity contribution in [2.24, 2.45) is 11.7 Å². The molecular weight excluding hydrogens is 214 g/mol. The Morgan fingerprint density at radius 3 is 2.53 bits per heavy atom. The predicted octanol–water partition coefficient (Wildman–Crippen LogP) is 2.07. The van der Waals surface area contributed by atoms with Crippen LogP contribution in [-0.4, -0.2) is 21.2 Å². The first kappa shape index (κ1) is 12.5. The summed E-state index contributed by atoms with van der Waals surface area (Å²) in [5, 5.41) is 0. The maximum Gasteiger partial charge on any atom is 0.0757 e. The third-order valence-corrected chi connectivity index (χ3v) is 3.50. The molecule has 2 N–H and O–H groups in total. The monoisotopic (exact) mass is 235 g/mol. The topological polar surface area (TPSA) is 61.0 Å². The molecule has 0 radical (unpaired) electrons. The van der Waals surface area contributed by atoms with Crippen LogP contribution in [0, 0.1) is 5.92 Å². The fraction of sp³-hybridized carbons (Fsp3) is 0.692. The Morgan fingerprint density at radius 1 is 1.35 bits per heavy atom. The van der Waals surface area contributed by atoms with Gasteiger partial charge in [-0.2, -0.15) is 0 Å². The van der Waals surface area contributed by atoms with Gasteiger partial charge in [-0.1, -0.05) is 0 Å². The smallest absolute Gasteiger partial charge is 0.0757 e. The van der Waals surface area contributed by atoms with Gasteiger partial charge in [-0.25, -0.2) is 0 Å². The Bertz CT molecular complexity index is 389. The summed E-state index contributed by atoms with van der Waals surface area (Å²) in [5.74, 6) is 0.259. The van der Waals surface area contributed by atoms with E-state index in [0.717, 1.165) is 12.1 Å². The molecule has 94 valence electrons. The summed E-state index contributed by atoms with van der Waals surface area (Å²) in [7, 11) is 0. The molecule has 4 nitrogen and oxygen atoms in total. The van der Waals surface area contributed by atoms with Crippen LogP contribution in [0.25, 0.3) is 0 Å². The Labute approximate surface area is 103 Å². The Hall–Kier alpha value is -1.00. The molecule has 0 bridgehead atoms. The molecule has 2 rings (SSSR count). The van der Waals surface area contributed by atoms with Crippen LogP contribution in [0.1, 0.15) is 45.9 Å². The summed E-state index contributed by atoms with van der Waals surface area (Å²) in [6.07, 6.45) is 6.03. The molecule has 2 atom stereocenters. The lowest BCUT2D eigenvalue weighted by Crippen LogP contribution is -2.36. The van der Waals surface area contributed by atoms with Gasteiger partial charge in [0.2, 0.25) is 0 Å². The first-order valence-electron chi connectivity index (χ1n) is 6.03. The van der Waals surface area contributed by atoms with Crippen LogP contribution in [0.2, 0.25) is 0 Å². The molecule has 2 heterocycles. The lowest BCUT2D eigenvalue weighted by molar-refractivity contribution is -0.0768. The standard InChI is InChI=1S/C13H21N3O/c1-12(2)7-9(13(3,4)17-12)11(14)10-8-15-5-6-16-10/h5-6,8-9,11H,7,14H2,1-4H3. The average molecular weight is 235 g/mol. The predicted molar refractivity (Wildman–Crippen MR) is 66.3 cm³/mol. The van der Waals surface area contributed by atoms with E-state index in [0.29, 0.717) is 0 Å². The van der Waals surface area contributed by atoms with E-state index >= 15 is 0 Å². The van der Waals surface area contributed by atoms with Gasteiger partial charge in [-0.05, 0) is 34.1 Å². The van der Waals surface area contributed by atoms with E-state index in [1.807, 2.05) is 0 Å². The molecule has 1 aromatic rings. The highest BCUT2D eigenvalue weighted by molar-refractivity contribution is 5.09. The first-order valence-corrected chi connectivity index (χ1v) is 6.03. The SMILES string of the molecule is CC1(C)CC(C(N)c2cnccn2)C(C)(C)O1. The molecule has 1 aliphatic rings. The highest BCUT2D eigenvalue weighted by Gasteiger charge is 2.48. The summed E-state index contributed by atoms with van der Waals surface area (Å²) in [5.41, 5.74) is 6.82. The minimum Gasteiger partial charge on any atom is -0.369 e. The fourth-order valence-corrected chi connectivity index (χ4v) is 2.85. The summed E-state index contributed by atoms with van der Waals surface area (Å²) < 4.78 is 6.06. The van der Waals surface area contributed by atoms with E-state index < -0.39 is 0 Å². The molecule has 17 heavy (non-hydrogen) atoms. The summed E-state index contributed by atoms with van der Waals surface area (Å²) in [6, 6.07) is -0.125. The number of aromatic nitrogens is 2. The molecule has 2 unspecified atom stereocenters. The van der Waals surface area contributed by atoms with Gasteiger partial charge in [0.25, 0.3) is 0 Å². The van der Waals surface area contributed by atoms with Crippen LogP contribution in [0.3, 0.4) is 0 Å². The molecule has 1 aromatic heterocycles. The summed E-state index contributed by atoms with van der Waals surface area (Å²) in [4.78, 5) is 8.37. The quantitative estimate of drug-likeness (QED) is 0.852. The van der Waals surface area contributed by atoms with Crippen molar-refractivity contribution in [1.82, 2.24) is 9.97 Å². The van der Waals surface area contributed by atoms with Crippen molar-refractivity contribution >= 4 is 0 Å². The van der Waals surface area contributed by atoms with E-state index in [2.05, 4.69) is 37.7 Å². The zero-order valence-corrected chi connectivity index (χ0v) is 11.0. The van der Waals surface area contributed by atoms with Crippen molar-refractivity contribution in [3.8, 4) is 0 Å². The maximum absolute atomic E-state index is 6.31. The first-order chi connectivity index (χ1) is 7.82. The molecule has 0 aromatic carbocycles. The zero-order chi connectivity index (χ0) is 12.7. The van der Waals surface area contributed by atoms with Gasteiger partial charge in [0, 0.05) is 24.5 Å². The highest BCUT2D eigenvalue weighted by atomic mass is 16.5. The van der Waals surface area contributed by atoms with Gasteiger partial charge >= 0.3 is 0 Å². The van der Waals surface area contributed by atoms with E-state index in [9.17, 15) is 0 Å². The number of rotatable bonds is 2. The third-order valence-electron chi connectivity index (χ3n) is 3.50. The van der Waals surface area contributed by atoms with Gasteiger partial charge in [0.05, 0.1) is 22.9 Å². The van der Waals surface area contributed by atoms with Crippen molar-refractivity contribution < 1.29 is 4.74 Å². The van der Waals surface area contributed by atoms with Gasteiger partial charge in [0.15, 0.2) is 0 Å². The van der Waals surface area contributed by atoms with Crippen LogP contribution < -0.4 is 5.73 Å². The largest absolute Gasteiger partial charge is 0.369 e. The second kappa shape index (κ2) is 4.03. The van der Waals surface area contributed by atoms with E-state index in [1.54, 1.807) is 18.6 Å². The third kappa shape index (κ3) is 2.48. The maximum atomic E-state index is 6.31. The molecule has 0 aliphatic carbocycles. The van der Waals surface area contributed by atoms with Gasteiger partial charge in [0.1, 0.15) is 0 Å². The molecule has 0 spiro atoms. The van der Waals surface area contributed by atoms with Gasteiger partial charge < -0.3 is 10.5 Å². The number of nitrogens with zero attached hydrogens (tertiary/aromatic N) is 2. The lowest BCUT2D eigenvalue weighted by Gasteiger charge is -2.30. The molecule has 1 fully saturated rings. The summed E-state index contributed by atoms with van der Waals surface area (Å²) >= 11 is 0. The van der Waals surface area contributed by atoms with Crippen molar-refractivity contribution in [1.29, 1.82) is 0 Å². The molecule has 1 aliphatic heterocycles. The number of ether oxygens (including phenoxy) is 1. The van der Waals surface area contributed by atoms with Crippen molar-refractivity contribution in [2.45, 2.75) is 51.4 Å². The van der Waals surface area contributed by atoms with Crippen molar-refractivity contribution in [2.75, 3.05) is 0 Å². The second-order valence-electron chi connectivity index (χ2n) is 5.93. The van der Waals surface area contributed by atoms with E-state index in [1.165, 1.54) is 0 Å². The van der Waals surface area contributed by atoms with E-state index in [-0.39, 0.29) is 23.2 Å². The molecule has 0 amide bonds. The number of hydrogen-bond donors (Lipinski definition) is 1. The van der Waals surface area contributed by atoms with Gasteiger partial charge in [-0.3, -0.25) is 9.97 Å². The minimum absolute atomic E-state index is 0.117. The zero-order valence-electron chi connectivity index (χ0n) is 11.0. The fourth-order valence-electron chi connectivity index (χ4n) is 2.85. The van der Waals surface area contributed by atoms with Crippen molar-refractivity contribution in [3.05, 3.63) is 24.3 Å².